The predicted octanol–water partition coefficient (Wildman–Crippen LogP) is 0.206. The maximum atomic E-state index is 13.6. The van der Waals surface area contributed by atoms with Crippen LogP contribution in [0, 0.1) is 12.3 Å². The molecule has 5 N–H and O–H groups in total. The van der Waals surface area contributed by atoms with Crippen molar-refractivity contribution in [1.29, 1.82) is 0 Å². The highest BCUT2D eigenvalue weighted by Gasteiger charge is 2.56. The number of hydrogen-bond donors (Lipinski definition) is 5. The van der Waals surface area contributed by atoms with E-state index in [2.05, 4.69) is 5.09 Å². The van der Waals surface area contributed by atoms with E-state index in [1.807, 2.05) is 10.9 Å². The molecule has 2 heterocycles. The van der Waals surface area contributed by atoms with Gasteiger partial charge in [-0.2, -0.15) is 5.09 Å². The first-order valence-corrected chi connectivity index (χ1v) is 12.4. The zero-order valence-corrected chi connectivity index (χ0v) is 20.0. The third-order valence-corrected chi connectivity index (χ3v) is 6.95. The number of carboxylic acid groups (broad SMARTS) is 1. The molecule has 194 valence electrons. The van der Waals surface area contributed by atoms with Gasteiger partial charge in [-0.1, -0.05) is 37.5 Å². The molecule has 1 unspecified atom stereocenters. The average Bonchev–Trinajstić information content (AvgIpc) is 3.08. The van der Waals surface area contributed by atoms with Gasteiger partial charge in [0.2, 0.25) is 0 Å². The summed E-state index contributed by atoms with van der Waals surface area (Å²) in [7, 11) is -4.39. The van der Waals surface area contributed by atoms with E-state index >= 15 is 0 Å². The van der Waals surface area contributed by atoms with Gasteiger partial charge in [0.15, 0.2) is 11.8 Å². The minimum absolute atomic E-state index is 0.109. The van der Waals surface area contributed by atoms with E-state index < -0.39 is 61.7 Å². The van der Waals surface area contributed by atoms with Crippen LogP contribution >= 0.6 is 7.75 Å². The summed E-state index contributed by atoms with van der Waals surface area (Å²) in [4.78, 5) is 37.2. The molecular formula is C22H26N3O10P. The van der Waals surface area contributed by atoms with Gasteiger partial charge in [0.1, 0.15) is 24.0 Å². The van der Waals surface area contributed by atoms with Crippen molar-refractivity contribution in [2.75, 3.05) is 6.61 Å². The highest BCUT2D eigenvalue weighted by Crippen LogP contribution is 2.47. The van der Waals surface area contributed by atoms with Crippen LogP contribution in [0.5, 0.6) is 5.75 Å². The molecule has 0 aliphatic carbocycles. The number of aliphatic hydroxyl groups excluding tert-OH is 1. The highest BCUT2D eigenvalue weighted by atomic mass is 31.2. The zero-order chi connectivity index (χ0) is 26.5. The van der Waals surface area contributed by atoms with Gasteiger partial charge in [-0.3, -0.25) is 23.7 Å². The van der Waals surface area contributed by atoms with E-state index in [1.54, 1.807) is 25.1 Å². The smallest absolute Gasteiger partial charge is 0.459 e. The number of para-hydroxylation sites is 1. The Bertz CT molecular complexity index is 1270. The van der Waals surface area contributed by atoms with Gasteiger partial charge in [0, 0.05) is 12.3 Å². The molecule has 1 aromatic heterocycles. The lowest BCUT2D eigenvalue weighted by molar-refractivity contribution is -0.139. The van der Waals surface area contributed by atoms with Crippen LogP contribution in [0.2, 0.25) is 0 Å². The van der Waals surface area contributed by atoms with Gasteiger partial charge >= 0.3 is 19.4 Å². The number of H-pyrrole nitrogens is 1. The Hall–Kier alpha value is -3.24. The summed E-state index contributed by atoms with van der Waals surface area (Å²) >= 11 is 0. The second kappa shape index (κ2) is 11.2. The number of aliphatic hydroxyl groups is 2. The molecule has 1 aromatic carbocycles. The highest BCUT2D eigenvalue weighted by molar-refractivity contribution is 7.52. The van der Waals surface area contributed by atoms with Gasteiger partial charge < -0.3 is 24.6 Å². The number of rotatable bonds is 11. The van der Waals surface area contributed by atoms with Crippen molar-refractivity contribution in [2.45, 2.75) is 49.8 Å². The molecule has 3 rings (SSSR count). The van der Waals surface area contributed by atoms with E-state index in [4.69, 9.17) is 20.2 Å². The van der Waals surface area contributed by atoms with Gasteiger partial charge in [-0.05, 0) is 18.6 Å². The number of nitrogens with zero attached hydrogens (tertiary/aromatic N) is 1. The van der Waals surface area contributed by atoms with Crippen molar-refractivity contribution >= 4 is 13.7 Å². The summed E-state index contributed by atoms with van der Waals surface area (Å²) in [6.45, 7) is 1.05. The monoisotopic (exact) mass is 523 g/mol. The van der Waals surface area contributed by atoms with Crippen LogP contribution in [0.1, 0.15) is 26.0 Å². The molecule has 0 spiro atoms. The van der Waals surface area contributed by atoms with Gasteiger partial charge in [-0.15, -0.1) is 6.42 Å². The second-order valence-corrected chi connectivity index (χ2v) is 9.66. The summed E-state index contributed by atoms with van der Waals surface area (Å²) in [6.07, 6.45) is 2.11. The third-order valence-electron chi connectivity index (χ3n) is 5.39. The molecule has 6 atom stereocenters. The van der Waals surface area contributed by atoms with Crippen LogP contribution in [-0.4, -0.2) is 61.3 Å². The first-order valence-electron chi connectivity index (χ1n) is 10.9. The zero-order valence-electron chi connectivity index (χ0n) is 19.1. The minimum atomic E-state index is -4.39. The number of terminal acetylenes is 1. The van der Waals surface area contributed by atoms with E-state index in [0.717, 1.165) is 16.8 Å². The topological polar surface area (TPSA) is 189 Å². The number of ether oxygens (including phenoxy) is 1. The van der Waals surface area contributed by atoms with Gasteiger partial charge in [0.25, 0.3) is 5.56 Å². The van der Waals surface area contributed by atoms with Crippen molar-refractivity contribution in [3.63, 3.8) is 0 Å². The Morgan fingerprint density at radius 3 is 2.64 bits per heavy atom. The normalized spacial score (nSPS) is 26.0. The lowest BCUT2D eigenvalue weighted by Gasteiger charge is -2.26. The molecule has 0 amide bonds. The Kier molecular flexibility index (Phi) is 8.52. The molecule has 14 heteroatoms. The summed E-state index contributed by atoms with van der Waals surface area (Å²) < 4.78 is 30.8. The van der Waals surface area contributed by atoms with Crippen molar-refractivity contribution in [3.05, 3.63) is 63.4 Å². The number of carboxylic acids is 1. The molecule has 2 aromatic rings. The standard InChI is InChI=1S/C22H26N3O10P/c1-3-8-15(19(28)29)24-36(32,35-14-9-6-5-7-10-14)33-13-16-18(27)22(31,4-2)20(34-16)25-12-11-17(26)23-21(25)30/h2,5-7,9-12,15-16,18,20,27,31H,3,8,13H2,1H3,(H,24,32)(H,28,29)(H,23,26,30)/t15-,16+,18+,20+,22+,36?/m0/s1. The maximum Gasteiger partial charge on any atom is 0.459 e. The number of nitrogens with one attached hydrogen (secondary N) is 2. The number of carbonyl (C=O) groups is 1. The third kappa shape index (κ3) is 5.93. The predicted molar refractivity (Wildman–Crippen MR) is 125 cm³/mol. The van der Waals surface area contributed by atoms with E-state index in [9.17, 15) is 34.3 Å². The van der Waals surface area contributed by atoms with Crippen molar-refractivity contribution in [3.8, 4) is 18.1 Å². The number of aromatic nitrogens is 2. The van der Waals surface area contributed by atoms with Crippen LogP contribution < -0.4 is 20.9 Å². The fraction of sp³-hybridized carbons (Fsp3) is 0.409. The Morgan fingerprint density at radius 1 is 1.36 bits per heavy atom. The summed E-state index contributed by atoms with van der Waals surface area (Å²) in [6, 6.07) is 7.55. The Labute approximate surface area is 205 Å². The molecule has 1 aliphatic heterocycles. The number of benzene rings is 1. The molecule has 1 saturated heterocycles. The van der Waals surface area contributed by atoms with Crippen LogP contribution in [-0.2, 0) is 18.6 Å². The molecule has 0 saturated carbocycles. The van der Waals surface area contributed by atoms with Crippen molar-refractivity contribution in [1.82, 2.24) is 14.6 Å². The number of aromatic amines is 1. The summed E-state index contributed by atoms with van der Waals surface area (Å²) in [5.41, 5.74) is -4.10. The molecule has 0 radical (unpaired) electrons. The van der Waals surface area contributed by atoms with Crippen LogP contribution in [0.3, 0.4) is 0 Å². The number of aliphatic carboxylic acids is 1. The number of hydrogen-bond acceptors (Lipinski definition) is 9. The quantitative estimate of drug-likeness (QED) is 0.200. The largest absolute Gasteiger partial charge is 0.480 e. The SMILES string of the molecule is C#C[C@@]1(O)[C@H](O)[C@@H](COP(=O)(N[C@@H](CCC)C(=O)O)Oc2ccccc2)O[C@H]1n1ccc(=O)[nH]c1=O. The first-order chi connectivity index (χ1) is 17.0. The first kappa shape index (κ1) is 27.3. The van der Waals surface area contributed by atoms with E-state index in [-0.39, 0.29) is 12.2 Å². The molecule has 0 bridgehead atoms. The Balaban J connectivity index is 1.86. The lowest BCUT2D eigenvalue weighted by atomic mass is 9.95. The van der Waals surface area contributed by atoms with Gasteiger partial charge in [-0.25, -0.2) is 9.36 Å². The molecule has 13 nitrogen and oxygen atoms in total. The van der Waals surface area contributed by atoms with E-state index in [0.29, 0.717) is 6.42 Å². The molecule has 1 fully saturated rings. The average molecular weight is 523 g/mol. The summed E-state index contributed by atoms with van der Waals surface area (Å²) in [5, 5.41) is 33.5. The van der Waals surface area contributed by atoms with Crippen LogP contribution in [0.25, 0.3) is 0 Å². The second-order valence-electron chi connectivity index (χ2n) is 7.96. The van der Waals surface area contributed by atoms with Crippen LogP contribution in [0.4, 0.5) is 0 Å². The molecule has 1 aliphatic rings. The maximum absolute atomic E-state index is 13.6. The molecular weight excluding hydrogens is 497 g/mol. The fourth-order valence-electron chi connectivity index (χ4n) is 3.55. The summed E-state index contributed by atoms with van der Waals surface area (Å²) in [5.74, 6) is 0.818. The lowest BCUT2D eigenvalue weighted by Crippen LogP contribution is -2.48. The minimum Gasteiger partial charge on any atom is -0.480 e. The van der Waals surface area contributed by atoms with Crippen molar-refractivity contribution < 1.29 is 38.5 Å². The Morgan fingerprint density at radius 2 is 2.06 bits per heavy atom. The van der Waals surface area contributed by atoms with E-state index in [1.165, 1.54) is 12.1 Å². The van der Waals surface area contributed by atoms with Gasteiger partial charge in [0.05, 0.1) is 6.61 Å². The van der Waals surface area contributed by atoms with Crippen molar-refractivity contribution in [2.24, 2.45) is 0 Å². The molecule has 36 heavy (non-hydrogen) atoms. The fourth-order valence-corrected chi connectivity index (χ4v) is 5.10. The van der Waals surface area contributed by atoms with Crippen LogP contribution in [0.15, 0.2) is 52.2 Å².